The standard InChI is InChI=1S/C24H30N2O2/c1-17-11-13-20(14-12-17)23(27)26-22(16-19-8-4-3-5-9-19)24(28)25-21-10-6-7-18(2)15-21/h3-10,15,17,20,22H,11-14,16H2,1-2H3,(H,25,28)(H,26,27). The van der Waals surface area contributed by atoms with Gasteiger partial charge in [-0.2, -0.15) is 0 Å². The summed E-state index contributed by atoms with van der Waals surface area (Å²) in [6.07, 6.45) is 4.45. The van der Waals surface area contributed by atoms with Gasteiger partial charge < -0.3 is 10.6 Å². The Bertz CT molecular complexity index is 795. The molecule has 1 saturated carbocycles. The summed E-state index contributed by atoms with van der Waals surface area (Å²) in [5.41, 5.74) is 2.87. The van der Waals surface area contributed by atoms with Crippen molar-refractivity contribution in [1.29, 1.82) is 0 Å². The van der Waals surface area contributed by atoms with Crippen LogP contribution in [0.15, 0.2) is 54.6 Å². The summed E-state index contributed by atoms with van der Waals surface area (Å²) in [7, 11) is 0. The second-order valence-electron chi connectivity index (χ2n) is 8.07. The summed E-state index contributed by atoms with van der Waals surface area (Å²) in [5.74, 6) is 0.536. The Morgan fingerprint density at radius 1 is 1.00 bits per heavy atom. The van der Waals surface area contributed by atoms with Crippen LogP contribution >= 0.6 is 0 Å². The average molecular weight is 379 g/mol. The van der Waals surface area contributed by atoms with Crippen LogP contribution in [0.1, 0.15) is 43.7 Å². The van der Waals surface area contributed by atoms with Crippen molar-refractivity contribution >= 4 is 17.5 Å². The van der Waals surface area contributed by atoms with Gasteiger partial charge in [0, 0.05) is 18.0 Å². The lowest BCUT2D eigenvalue weighted by molar-refractivity contribution is -0.130. The molecule has 148 valence electrons. The fourth-order valence-electron chi connectivity index (χ4n) is 3.82. The van der Waals surface area contributed by atoms with Gasteiger partial charge in [0.2, 0.25) is 11.8 Å². The minimum absolute atomic E-state index is 0.00669. The van der Waals surface area contributed by atoms with Gasteiger partial charge in [0.1, 0.15) is 6.04 Å². The van der Waals surface area contributed by atoms with E-state index >= 15 is 0 Å². The molecule has 0 aliphatic heterocycles. The van der Waals surface area contributed by atoms with Crippen LogP contribution in [-0.2, 0) is 16.0 Å². The third kappa shape index (κ3) is 5.69. The molecule has 2 aromatic rings. The van der Waals surface area contributed by atoms with Gasteiger partial charge in [-0.25, -0.2) is 0 Å². The highest BCUT2D eigenvalue weighted by Gasteiger charge is 2.28. The molecular formula is C24H30N2O2. The first kappa shape index (κ1) is 20.1. The lowest BCUT2D eigenvalue weighted by Gasteiger charge is -2.27. The molecule has 2 amide bonds. The highest BCUT2D eigenvalue weighted by Crippen LogP contribution is 2.28. The van der Waals surface area contributed by atoms with E-state index in [-0.39, 0.29) is 17.7 Å². The Balaban J connectivity index is 1.70. The topological polar surface area (TPSA) is 58.2 Å². The Kier molecular flexibility index (Phi) is 6.85. The van der Waals surface area contributed by atoms with Crippen LogP contribution in [-0.4, -0.2) is 17.9 Å². The number of carbonyl (C=O) groups is 2. The molecule has 1 aliphatic carbocycles. The number of nitrogens with one attached hydrogen (secondary N) is 2. The van der Waals surface area contributed by atoms with Gasteiger partial charge in [0.15, 0.2) is 0 Å². The summed E-state index contributed by atoms with van der Waals surface area (Å²) >= 11 is 0. The van der Waals surface area contributed by atoms with Crippen LogP contribution in [0, 0.1) is 18.8 Å². The maximum Gasteiger partial charge on any atom is 0.247 e. The van der Waals surface area contributed by atoms with E-state index in [0.29, 0.717) is 12.3 Å². The first-order valence-electron chi connectivity index (χ1n) is 10.2. The van der Waals surface area contributed by atoms with Crippen LogP contribution in [0.5, 0.6) is 0 Å². The van der Waals surface area contributed by atoms with Crippen molar-refractivity contribution in [2.24, 2.45) is 11.8 Å². The van der Waals surface area contributed by atoms with Gasteiger partial charge in [0.25, 0.3) is 0 Å². The summed E-state index contributed by atoms with van der Waals surface area (Å²) in [4.78, 5) is 25.8. The number of carbonyl (C=O) groups excluding carboxylic acids is 2. The molecule has 0 bridgehead atoms. The molecule has 4 heteroatoms. The van der Waals surface area contributed by atoms with E-state index in [9.17, 15) is 9.59 Å². The van der Waals surface area contributed by atoms with Gasteiger partial charge in [-0.15, -0.1) is 0 Å². The van der Waals surface area contributed by atoms with Gasteiger partial charge in [0.05, 0.1) is 0 Å². The summed E-state index contributed by atoms with van der Waals surface area (Å²) in [5, 5.41) is 6.00. The molecule has 2 N–H and O–H groups in total. The zero-order valence-corrected chi connectivity index (χ0v) is 16.8. The van der Waals surface area contributed by atoms with Crippen LogP contribution in [0.4, 0.5) is 5.69 Å². The molecule has 0 heterocycles. The van der Waals surface area contributed by atoms with Crippen LogP contribution < -0.4 is 10.6 Å². The molecule has 2 aromatic carbocycles. The largest absolute Gasteiger partial charge is 0.344 e. The summed E-state index contributed by atoms with van der Waals surface area (Å²) in [6.45, 7) is 4.23. The SMILES string of the molecule is Cc1cccc(NC(=O)C(Cc2ccccc2)NC(=O)C2CCC(C)CC2)c1. The second-order valence-corrected chi connectivity index (χ2v) is 8.07. The zero-order valence-electron chi connectivity index (χ0n) is 16.8. The summed E-state index contributed by atoms with van der Waals surface area (Å²) in [6, 6.07) is 17.0. The van der Waals surface area contributed by atoms with Gasteiger partial charge in [-0.1, -0.05) is 49.4 Å². The van der Waals surface area contributed by atoms with Crippen molar-refractivity contribution in [3.8, 4) is 0 Å². The molecule has 1 fully saturated rings. The third-order valence-electron chi connectivity index (χ3n) is 5.59. The summed E-state index contributed by atoms with van der Waals surface area (Å²) < 4.78 is 0. The van der Waals surface area contributed by atoms with Crippen molar-refractivity contribution in [1.82, 2.24) is 5.32 Å². The lowest BCUT2D eigenvalue weighted by atomic mass is 9.82. The Morgan fingerprint density at radius 3 is 2.39 bits per heavy atom. The number of amides is 2. The van der Waals surface area contributed by atoms with Crippen LogP contribution in [0.25, 0.3) is 0 Å². The lowest BCUT2D eigenvalue weighted by Crippen LogP contribution is -2.47. The van der Waals surface area contributed by atoms with Gasteiger partial charge in [-0.3, -0.25) is 9.59 Å². The molecule has 1 aliphatic rings. The van der Waals surface area contributed by atoms with Crippen molar-refractivity contribution in [2.75, 3.05) is 5.32 Å². The number of aryl methyl sites for hydroxylation is 1. The number of hydrogen-bond donors (Lipinski definition) is 2. The smallest absolute Gasteiger partial charge is 0.247 e. The van der Waals surface area contributed by atoms with E-state index in [4.69, 9.17) is 0 Å². The molecule has 0 saturated heterocycles. The minimum atomic E-state index is -0.588. The van der Waals surface area contributed by atoms with Crippen LogP contribution in [0.3, 0.4) is 0 Å². The molecule has 0 radical (unpaired) electrons. The van der Waals surface area contributed by atoms with Crippen molar-refractivity contribution in [3.05, 3.63) is 65.7 Å². The molecule has 1 unspecified atom stereocenters. The maximum atomic E-state index is 13.0. The van der Waals surface area contributed by atoms with Gasteiger partial charge >= 0.3 is 0 Å². The molecule has 3 rings (SSSR count). The van der Waals surface area contributed by atoms with Crippen LogP contribution in [0.2, 0.25) is 0 Å². The fraction of sp³-hybridized carbons (Fsp3) is 0.417. The Hall–Kier alpha value is -2.62. The molecule has 0 spiro atoms. The fourth-order valence-corrected chi connectivity index (χ4v) is 3.82. The predicted octanol–water partition coefficient (Wildman–Crippen LogP) is 4.49. The maximum absolute atomic E-state index is 13.0. The zero-order chi connectivity index (χ0) is 19.9. The highest BCUT2D eigenvalue weighted by molar-refractivity contribution is 5.97. The Labute approximate surface area is 167 Å². The average Bonchev–Trinajstić information content (AvgIpc) is 2.68. The monoisotopic (exact) mass is 378 g/mol. The van der Waals surface area contributed by atoms with Gasteiger partial charge in [-0.05, 0) is 61.8 Å². The third-order valence-corrected chi connectivity index (χ3v) is 5.59. The molecule has 4 nitrogen and oxygen atoms in total. The number of hydrogen-bond acceptors (Lipinski definition) is 2. The van der Waals surface area contributed by atoms with E-state index in [1.165, 1.54) is 0 Å². The number of benzene rings is 2. The van der Waals surface area contributed by atoms with E-state index in [0.717, 1.165) is 42.5 Å². The molecule has 28 heavy (non-hydrogen) atoms. The second kappa shape index (κ2) is 9.54. The highest BCUT2D eigenvalue weighted by atomic mass is 16.2. The van der Waals surface area contributed by atoms with Crippen molar-refractivity contribution in [3.63, 3.8) is 0 Å². The van der Waals surface area contributed by atoms with E-state index < -0.39 is 6.04 Å². The first-order chi connectivity index (χ1) is 13.5. The molecule has 1 atom stereocenters. The Morgan fingerprint density at radius 2 is 1.71 bits per heavy atom. The predicted molar refractivity (Wildman–Crippen MR) is 113 cm³/mol. The van der Waals surface area contributed by atoms with Crippen molar-refractivity contribution < 1.29 is 9.59 Å². The number of rotatable bonds is 6. The first-order valence-corrected chi connectivity index (χ1v) is 10.2. The molecule has 0 aromatic heterocycles. The normalized spacial score (nSPS) is 20.2. The van der Waals surface area contributed by atoms with E-state index in [1.54, 1.807) is 0 Å². The van der Waals surface area contributed by atoms with E-state index in [2.05, 4.69) is 17.6 Å². The minimum Gasteiger partial charge on any atom is -0.344 e. The number of anilines is 1. The quantitative estimate of drug-likeness (QED) is 0.778. The van der Waals surface area contributed by atoms with E-state index in [1.807, 2.05) is 61.5 Å². The molecular weight excluding hydrogens is 348 g/mol. The van der Waals surface area contributed by atoms with Crippen molar-refractivity contribution in [2.45, 2.75) is 52.0 Å².